The zero-order chi connectivity index (χ0) is 31.2. The van der Waals surface area contributed by atoms with Gasteiger partial charge in [0.05, 0.1) is 6.04 Å². The first-order valence-corrected chi connectivity index (χ1v) is 15.2. The predicted octanol–water partition coefficient (Wildman–Crippen LogP) is 5.92. The maximum atomic E-state index is 15.5. The fraction of sp³-hybridized carbons (Fsp3) is 0.455. The predicted molar refractivity (Wildman–Crippen MR) is 161 cm³/mol. The number of halogens is 2. The number of likely N-dealkylation sites (tertiary alicyclic amines) is 1. The maximum absolute atomic E-state index is 15.5. The van der Waals surface area contributed by atoms with Gasteiger partial charge < -0.3 is 25.4 Å². The molecular weight excluding hydrogens is 568 g/mol. The van der Waals surface area contributed by atoms with E-state index in [0.717, 1.165) is 42.9 Å². The van der Waals surface area contributed by atoms with E-state index in [9.17, 15) is 9.59 Å². The highest BCUT2D eigenvalue weighted by atomic mass is 19.1. The van der Waals surface area contributed by atoms with Gasteiger partial charge in [0.1, 0.15) is 22.8 Å². The van der Waals surface area contributed by atoms with Crippen LogP contribution in [0.5, 0.6) is 0 Å². The van der Waals surface area contributed by atoms with Crippen molar-refractivity contribution in [2.24, 2.45) is 0 Å². The van der Waals surface area contributed by atoms with Crippen molar-refractivity contribution in [2.45, 2.75) is 70.4 Å². The zero-order valence-electron chi connectivity index (χ0n) is 25.2. The number of rotatable bonds is 4. The molecule has 0 spiro atoms. The van der Waals surface area contributed by atoms with E-state index in [4.69, 9.17) is 15.2 Å². The van der Waals surface area contributed by atoms with Gasteiger partial charge in [-0.05, 0) is 93.7 Å². The number of fused-ring (bicyclic) bond motifs is 1. The van der Waals surface area contributed by atoms with E-state index < -0.39 is 17.4 Å². The van der Waals surface area contributed by atoms with Gasteiger partial charge in [-0.25, -0.2) is 14.2 Å². The minimum Gasteiger partial charge on any atom is -0.444 e. The number of anilines is 1. The third kappa shape index (κ3) is 5.85. The fourth-order valence-electron chi connectivity index (χ4n) is 6.45. The number of nitrogen functional groups attached to an aromatic ring is 1. The molecule has 0 saturated carbocycles. The van der Waals surface area contributed by atoms with Crippen LogP contribution in [-0.4, -0.2) is 58.8 Å². The molecule has 3 aliphatic heterocycles. The van der Waals surface area contributed by atoms with Gasteiger partial charge in [-0.2, -0.15) is 9.37 Å². The van der Waals surface area contributed by atoms with E-state index in [0.29, 0.717) is 43.9 Å². The molecule has 2 aromatic carbocycles. The molecule has 44 heavy (non-hydrogen) atoms. The first-order chi connectivity index (χ1) is 21.0. The molecular formula is C33H37F2N5O4. The Kier molecular flexibility index (Phi) is 8.00. The summed E-state index contributed by atoms with van der Waals surface area (Å²) in [6.45, 7) is 7.77. The van der Waals surface area contributed by atoms with Gasteiger partial charge in [0.25, 0.3) is 5.91 Å². The SMILES string of the molecule is CC(C)(C)OC(=O)N1CCC[C@H]1c1cc(-c2nc(-c3cc4c(cc3F)C(=O)NCC4)c(N)nc2F)ccc1C1CCOCC1. The number of benzene rings is 2. The van der Waals surface area contributed by atoms with Crippen molar-refractivity contribution < 1.29 is 27.8 Å². The number of nitrogens with one attached hydrogen (secondary N) is 1. The molecule has 3 aliphatic rings. The highest BCUT2D eigenvalue weighted by molar-refractivity contribution is 5.97. The Hall–Kier alpha value is -4.12. The molecule has 4 heterocycles. The molecule has 6 rings (SSSR count). The Balaban J connectivity index is 1.44. The zero-order valence-corrected chi connectivity index (χ0v) is 25.2. The molecule has 2 amide bonds. The fourth-order valence-corrected chi connectivity index (χ4v) is 6.45. The van der Waals surface area contributed by atoms with Gasteiger partial charge in [-0.3, -0.25) is 4.79 Å². The van der Waals surface area contributed by atoms with E-state index in [2.05, 4.69) is 15.3 Å². The summed E-state index contributed by atoms with van der Waals surface area (Å²) in [4.78, 5) is 35.7. The third-order valence-electron chi connectivity index (χ3n) is 8.51. The molecule has 3 aromatic rings. The number of carbonyl (C=O) groups excluding carboxylic acids is 2. The summed E-state index contributed by atoms with van der Waals surface area (Å²) in [5.41, 5.74) is 8.76. The van der Waals surface area contributed by atoms with E-state index >= 15 is 8.78 Å². The quantitative estimate of drug-likeness (QED) is 0.379. The second-order valence-electron chi connectivity index (χ2n) is 12.7. The number of hydrogen-bond acceptors (Lipinski definition) is 7. The standard InChI is InChI=1S/C33H37F2N5O4/c1-33(2,3)44-32(42)40-12-4-5-26(40)23-16-20(6-7-21(23)18-9-13-43-14-10-18)27-29(35)39-30(36)28(38-27)24-15-19-8-11-37-31(41)22(19)17-25(24)34/h6-7,15-18,26H,4-5,8-14H2,1-3H3,(H2,36,39)(H,37,41)/t26-/m0/s1. The minimum absolute atomic E-state index is 0.000940. The van der Waals surface area contributed by atoms with E-state index in [1.54, 1.807) is 17.0 Å². The van der Waals surface area contributed by atoms with Crippen molar-refractivity contribution in [1.82, 2.24) is 20.2 Å². The number of aromatic nitrogens is 2. The Morgan fingerprint density at radius 1 is 1.05 bits per heavy atom. The summed E-state index contributed by atoms with van der Waals surface area (Å²) in [6, 6.07) is 8.08. The first-order valence-electron chi connectivity index (χ1n) is 15.2. The molecule has 11 heteroatoms. The lowest BCUT2D eigenvalue weighted by Crippen LogP contribution is -2.36. The topological polar surface area (TPSA) is 120 Å². The number of carbonyl (C=O) groups is 2. The monoisotopic (exact) mass is 605 g/mol. The summed E-state index contributed by atoms with van der Waals surface area (Å²) in [6.07, 6.45) is 3.33. The van der Waals surface area contributed by atoms with Gasteiger partial charge in [-0.1, -0.05) is 12.1 Å². The van der Waals surface area contributed by atoms with Crippen LogP contribution >= 0.6 is 0 Å². The summed E-state index contributed by atoms with van der Waals surface area (Å²) < 4.78 is 42.2. The van der Waals surface area contributed by atoms with Crippen molar-refractivity contribution in [2.75, 3.05) is 32.0 Å². The molecule has 1 aromatic heterocycles. The molecule has 0 bridgehead atoms. The number of nitrogens with zero attached hydrogens (tertiary/aromatic N) is 3. The lowest BCUT2D eigenvalue weighted by molar-refractivity contribution is 0.0222. The maximum Gasteiger partial charge on any atom is 0.410 e. The second kappa shape index (κ2) is 11.8. The van der Waals surface area contributed by atoms with Crippen LogP contribution in [0.15, 0.2) is 30.3 Å². The van der Waals surface area contributed by atoms with E-state index in [1.807, 2.05) is 32.9 Å². The average molecular weight is 606 g/mol. The van der Waals surface area contributed by atoms with Crippen LogP contribution in [-0.2, 0) is 15.9 Å². The van der Waals surface area contributed by atoms with Gasteiger partial charge in [-0.15, -0.1) is 0 Å². The first kappa shape index (κ1) is 29.9. The number of ether oxygens (including phenoxy) is 2. The minimum atomic E-state index is -0.885. The number of hydrogen-bond donors (Lipinski definition) is 2. The smallest absolute Gasteiger partial charge is 0.410 e. The molecule has 2 fully saturated rings. The van der Waals surface area contributed by atoms with Crippen LogP contribution in [0, 0.1) is 11.8 Å². The van der Waals surface area contributed by atoms with E-state index in [1.165, 1.54) is 0 Å². The van der Waals surface area contributed by atoms with Crippen LogP contribution < -0.4 is 11.1 Å². The van der Waals surface area contributed by atoms with E-state index in [-0.39, 0.29) is 52.3 Å². The van der Waals surface area contributed by atoms with Crippen molar-refractivity contribution in [3.63, 3.8) is 0 Å². The molecule has 9 nitrogen and oxygen atoms in total. The summed E-state index contributed by atoms with van der Waals surface area (Å²) in [7, 11) is 0. The van der Waals surface area contributed by atoms with Crippen LogP contribution in [0.3, 0.4) is 0 Å². The molecule has 3 N–H and O–H groups in total. The van der Waals surface area contributed by atoms with Crippen molar-refractivity contribution in [3.05, 3.63) is 64.4 Å². The molecule has 0 radical (unpaired) electrons. The summed E-state index contributed by atoms with van der Waals surface area (Å²) >= 11 is 0. The molecule has 0 aliphatic carbocycles. The molecule has 1 atom stereocenters. The highest BCUT2D eigenvalue weighted by Gasteiger charge is 2.36. The van der Waals surface area contributed by atoms with Crippen molar-refractivity contribution in [1.29, 1.82) is 0 Å². The normalized spacial score (nSPS) is 19.1. The molecule has 2 saturated heterocycles. The Morgan fingerprint density at radius 3 is 2.57 bits per heavy atom. The van der Waals surface area contributed by atoms with Crippen molar-refractivity contribution >= 4 is 17.8 Å². The summed E-state index contributed by atoms with van der Waals surface area (Å²) in [5, 5.41) is 2.70. The molecule has 0 unspecified atom stereocenters. The number of amides is 2. The Bertz CT molecular complexity index is 1620. The van der Waals surface area contributed by atoms with Crippen LogP contribution in [0.4, 0.5) is 19.4 Å². The Labute approximate surface area is 255 Å². The van der Waals surface area contributed by atoms with Gasteiger partial charge in [0.2, 0.25) is 5.95 Å². The van der Waals surface area contributed by atoms with Crippen molar-refractivity contribution in [3.8, 4) is 22.5 Å². The summed E-state index contributed by atoms with van der Waals surface area (Å²) in [5.74, 6) is -1.97. The van der Waals surface area contributed by atoms with Crippen LogP contribution in [0.1, 0.15) is 85.5 Å². The molecule has 232 valence electrons. The average Bonchev–Trinajstić information content (AvgIpc) is 3.47. The highest BCUT2D eigenvalue weighted by Crippen LogP contribution is 2.42. The second-order valence-corrected chi connectivity index (χ2v) is 12.7. The van der Waals surface area contributed by atoms with Gasteiger partial charge in [0.15, 0.2) is 5.82 Å². The lowest BCUT2D eigenvalue weighted by atomic mass is 9.84. The van der Waals surface area contributed by atoms with Gasteiger partial charge >= 0.3 is 6.09 Å². The Morgan fingerprint density at radius 2 is 1.82 bits per heavy atom. The van der Waals surface area contributed by atoms with Gasteiger partial charge in [0, 0.05) is 43.0 Å². The lowest BCUT2D eigenvalue weighted by Gasteiger charge is -2.32. The largest absolute Gasteiger partial charge is 0.444 e. The van der Waals surface area contributed by atoms with Crippen LogP contribution in [0.2, 0.25) is 0 Å². The number of nitrogens with two attached hydrogens (primary N) is 1. The van der Waals surface area contributed by atoms with Crippen LogP contribution in [0.25, 0.3) is 22.5 Å². The third-order valence-corrected chi connectivity index (χ3v) is 8.51.